The third-order valence-electron chi connectivity index (χ3n) is 6.19. The molecule has 2 aromatic rings. The van der Waals surface area contributed by atoms with Crippen molar-refractivity contribution in [1.82, 2.24) is 10.2 Å². The van der Waals surface area contributed by atoms with E-state index in [1.54, 1.807) is 6.92 Å². The summed E-state index contributed by atoms with van der Waals surface area (Å²) in [6.45, 7) is 2.54. The van der Waals surface area contributed by atoms with E-state index in [0.717, 1.165) is 22.3 Å². The highest BCUT2D eigenvalue weighted by atomic mass is 16.5. The predicted molar refractivity (Wildman–Crippen MR) is 115 cm³/mol. The van der Waals surface area contributed by atoms with Crippen LogP contribution in [-0.2, 0) is 14.3 Å². The fraction of sp³-hybridized carbons (Fsp3) is 0.375. The number of fused-ring (bicyclic) bond motifs is 3. The lowest BCUT2D eigenvalue weighted by atomic mass is 9.98. The van der Waals surface area contributed by atoms with Crippen molar-refractivity contribution < 1.29 is 24.2 Å². The molecule has 1 saturated heterocycles. The number of hydrogen-bond donors (Lipinski definition) is 2. The van der Waals surface area contributed by atoms with E-state index in [-0.39, 0.29) is 25.0 Å². The second kappa shape index (κ2) is 8.79. The molecule has 1 unspecified atom stereocenters. The lowest BCUT2D eigenvalue weighted by Crippen LogP contribution is -2.48. The van der Waals surface area contributed by atoms with E-state index in [2.05, 4.69) is 17.4 Å². The Morgan fingerprint density at radius 3 is 2.26 bits per heavy atom. The number of benzene rings is 2. The molecule has 7 heteroatoms. The van der Waals surface area contributed by atoms with Crippen molar-refractivity contribution in [1.29, 1.82) is 0 Å². The Balaban J connectivity index is 1.38. The van der Waals surface area contributed by atoms with Gasteiger partial charge in [-0.1, -0.05) is 55.5 Å². The number of alkyl carbamates (subject to hydrolysis) is 1. The van der Waals surface area contributed by atoms with Crippen LogP contribution in [0.15, 0.2) is 48.5 Å². The van der Waals surface area contributed by atoms with Gasteiger partial charge in [0.15, 0.2) is 0 Å². The van der Waals surface area contributed by atoms with Crippen molar-refractivity contribution in [3.8, 4) is 11.1 Å². The Morgan fingerprint density at radius 1 is 1.10 bits per heavy atom. The van der Waals surface area contributed by atoms with E-state index in [1.807, 2.05) is 36.4 Å². The number of nitrogens with one attached hydrogen (secondary N) is 1. The molecular formula is C24H26N2O5. The molecule has 162 valence electrons. The molecule has 0 radical (unpaired) electrons. The van der Waals surface area contributed by atoms with Gasteiger partial charge in [-0.2, -0.15) is 0 Å². The van der Waals surface area contributed by atoms with E-state index >= 15 is 0 Å². The number of carboxylic acids is 1. The third kappa shape index (κ3) is 4.13. The van der Waals surface area contributed by atoms with Crippen LogP contribution in [0, 0.1) is 5.92 Å². The number of carbonyl (C=O) groups excluding carboxylic acids is 2. The SMILES string of the molecule is CC[C@H](NC(=O)OCC1c2ccccc2-c2ccccc21)C(=O)N1CCC(C(=O)O)C1. The summed E-state index contributed by atoms with van der Waals surface area (Å²) in [7, 11) is 0. The molecule has 31 heavy (non-hydrogen) atoms. The Bertz CT molecular complexity index is 959. The third-order valence-corrected chi connectivity index (χ3v) is 6.19. The highest BCUT2D eigenvalue weighted by molar-refractivity contribution is 5.86. The number of amides is 2. The van der Waals surface area contributed by atoms with Crippen molar-refractivity contribution in [3.63, 3.8) is 0 Å². The Morgan fingerprint density at radius 2 is 1.71 bits per heavy atom. The number of nitrogens with zero attached hydrogens (tertiary/aromatic N) is 1. The number of aliphatic carboxylic acids is 1. The zero-order valence-electron chi connectivity index (χ0n) is 17.4. The maximum Gasteiger partial charge on any atom is 0.407 e. The molecule has 1 aliphatic carbocycles. The molecule has 2 aromatic carbocycles. The largest absolute Gasteiger partial charge is 0.481 e. The summed E-state index contributed by atoms with van der Waals surface area (Å²) in [6, 6.07) is 15.4. The molecule has 2 atom stereocenters. The molecule has 2 amide bonds. The number of hydrogen-bond acceptors (Lipinski definition) is 4. The average Bonchev–Trinajstić information content (AvgIpc) is 3.39. The summed E-state index contributed by atoms with van der Waals surface area (Å²) < 4.78 is 5.53. The van der Waals surface area contributed by atoms with Crippen molar-refractivity contribution in [2.45, 2.75) is 31.7 Å². The number of likely N-dealkylation sites (tertiary alicyclic amines) is 1. The molecular weight excluding hydrogens is 396 g/mol. The standard InChI is InChI=1S/C24H26N2O5/c1-2-21(22(27)26-12-11-15(13-26)23(28)29)25-24(30)31-14-20-18-9-5-3-7-16(18)17-8-4-6-10-19(17)20/h3-10,15,20-21H,2,11-14H2,1H3,(H,25,30)(H,28,29)/t15?,21-/m0/s1. The fourth-order valence-electron chi connectivity index (χ4n) is 4.50. The van der Waals surface area contributed by atoms with E-state index in [4.69, 9.17) is 9.84 Å². The lowest BCUT2D eigenvalue weighted by molar-refractivity contribution is -0.141. The molecule has 0 aromatic heterocycles. The first-order chi connectivity index (χ1) is 15.0. The van der Waals surface area contributed by atoms with Gasteiger partial charge >= 0.3 is 12.1 Å². The van der Waals surface area contributed by atoms with E-state index in [1.165, 1.54) is 4.90 Å². The van der Waals surface area contributed by atoms with Crippen LogP contribution in [0.5, 0.6) is 0 Å². The zero-order chi connectivity index (χ0) is 22.0. The number of ether oxygens (including phenoxy) is 1. The second-order valence-electron chi connectivity index (χ2n) is 8.04. The molecule has 7 nitrogen and oxygen atoms in total. The van der Waals surface area contributed by atoms with E-state index < -0.39 is 24.0 Å². The van der Waals surface area contributed by atoms with Crippen molar-refractivity contribution >= 4 is 18.0 Å². The van der Waals surface area contributed by atoms with Crippen LogP contribution in [0.25, 0.3) is 11.1 Å². The normalized spacial score (nSPS) is 18.2. The summed E-state index contributed by atoms with van der Waals surface area (Å²) >= 11 is 0. The number of carboxylic acid groups (broad SMARTS) is 1. The molecule has 4 rings (SSSR count). The van der Waals surface area contributed by atoms with Crippen LogP contribution in [0.4, 0.5) is 4.79 Å². The Labute approximate surface area is 181 Å². The maximum atomic E-state index is 12.7. The molecule has 2 aliphatic rings. The van der Waals surface area contributed by atoms with E-state index in [9.17, 15) is 14.4 Å². The van der Waals surface area contributed by atoms with Gasteiger partial charge in [0.1, 0.15) is 12.6 Å². The van der Waals surface area contributed by atoms with Gasteiger partial charge in [-0.15, -0.1) is 0 Å². The topological polar surface area (TPSA) is 95.9 Å². The van der Waals surface area contributed by atoms with Gasteiger partial charge < -0.3 is 20.1 Å². The summed E-state index contributed by atoms with van der Waals surface area (Å²) in [6.07, 6.45) is 0.191. The predicted octanol–water partition coefficient (Wildman–Crippen LogP) is 3.24. The maximum absolute atomic E-state index is 12.7. The lowest BCUT2D eigenvalue weighted by Gasteiger charge is -2.23. The smallest absolute Gasteiger partial charge is 0.407 e. The molecule has 0 spiro atoms. The zero-order valence-corrected chi connectivity index (χ0v) is 17.4. The minimum atomic E-state index is -0.896. The van der Waals surface area contributed by atoms with Crippen molar-refractivity contribution in [3.05, 3.63) is 59.7 Å². The van der Waals surface area contributed by atoms with Crippen LogP contribution in [0.3, 0.4) is 0 Å². The summed E-state index contributed by atoms with van der Waals surface area (Å²) in [5.41, 5.74) is 4.54. The van der Waals surface area contributed by atoms with Gasteiger partial charge in [-0.05, 0) is 35.1 Å². The molecule has 1 heterocycles. The summed E-state index contributed by atoms with van der Waals surface area (Å²) in [5, 5.41) is 11.8. The quantitative estimate of drug-likeness (QED) is 0.745. The molecule has 1 fully saturated rings. The molecule has 0 saturated carbocycles. The first-order valence-electron chi connectivity index (χ1n) is 10.6. The van der Waals surface area contributed by atoms with Gasteiger partial charge in [-0.3, -0.25) is 9.59 Å². The summed E-state index contributed by atoms with van der Waals surface area (Å²) in [4.78, 5) is 37.9. The van der Waals surface area contributed by atoms with Gasteiger partial charge in [0.05, 0.1) is 5.92 Å². The van der Waals surface area contributed by atoms with Crippen molar-refractivity contribution in [2.75, 3.05) is 19.7 Å². The van der Waals surface area contributed by atoms with E-state index in [0.29, 0.717) is 19.4 Å². The fourth-order valence-corrected chi connectivity index (χ4v) is 4.50. The van der Waals surface area contributed by atoms with Gasteiger partial charge in [-0.25, -0.2) is 4.79 Å². The Kier molecular flexibility index (Phi) is 5.93. The first kappa shape index (κ1) is 20.9. The molecule has 1 aliphatic heterocycles. The van der Waals surface area contributed by atoms with Crippen LogP contribution < -0.4 is 5.32 Å². The first-order valence-corrected chi connectivity index (χ1v) is 10.6. The monoisotopic (exact) mass is 422 g/mol. The molecule has 2 N–H and O–H groups in total. The van der Waals surface area contributed by atoms with Gasteiger partial charge in [0.2, 0.25) is 5.91 Å². The highest BCUT2D eigenvalue weighted by Crippen LogP contribution is 2.44. The number of rotatable bonds is 6. The van der Waals surface area contributed by atoms with Gasteiger partial charge in [0, 0.05) is 19.0 Å². The van der Waals surface area contributed by atoms with Crippen LogP contribution in [0.2, 0.25) is 0 Å². The van der Waals surface area contributed by atoms with Crippen LogP contribution >= 0.6 is 0 Å². The van der Waals surface area contributed by atoms with Crippen LogP contribution in [-0.4, -0.2) is 53.7 Å². The molecule has 0 bridgehead atoms. The average molecular weight is 422 g/mol. The minimum absolute atomic E-state index is 0.0520. The summed E-state index contributed by atoms with van der Waals surface area (Å²) in [5.74, 6) is -1.76. The number of carbonyl (C=O) groups is 3. The van der Waals surface area contributed by atoms with Gasteiger partial charge in [0.25, 0.3) is 0 Å². The minimum Gasteiger partial charge on any atom is -0.481 e. The Hall–Kier alpha value is -3.35. The second-order valence-corrected chi connectivity index (χ2v) is 8.04. The highest BCUT2D eigenvalue weighted by Gasteiger charge is 2.34. The van der Waals surface area contributed by atoms with Crippen molar-refractivity contribution in [2.24, 2.45) is 5.92 Å². The van der Waals surface area contributed by atoms with Crippen LogP contribution in [0.1, 0.15) is 36.8 Å².